The van der Waals surface area contributed by atoms with Crippen molar-refractivity contribution < 1.29 is 13.2 Å². The van der Waals surface area contributed by atoms with E-state index in [0.717, 1.165) is 25.7 Å². The van der Waals surface area contributed by atoms with E-state index in [4.69, 9.17) is 4.98 Å². The summed E-state index contributed by atoms with van der Waals surface area (Å²) < 4.78 is 24.7. The third-order valence-corrected chi connectivity index (χ3v) is 9.94. The Morgan fingerprint density at radius 2 is 1.88 bits per heavy atom. The highest BCUT2D eigenvalue weighted by molar-refractivity contribution is 8.02. The number of hydrogen-bond donors (Lipinski definition) is 1. The number of thiazole rings is 1. The quantitative estimate of drug-likeness (QED) is 0.379. The van der Waals surface area contributed by atoms with Gasteiger partial charge < -0.3 is 5.32 Å². The fraction of sp³-hybridized carbons (Fsp3) is 0.200. The molecule has 1 fully saturated rings. The molecule has 0 radical (unpaired) electrons. The molecule has 1 N–H and O–H groups in total. The Kier molecular flexibility index (Phi) is 5.99. The molecule has 5 nitrogen and oxygen atoms in total. The van der Waals surface area contributed by atoms with E-state index >= 15 is 0 Å². The number of carbonyl (C=O) groups is 1. The summed E-state index contributed by atoms with van der Waals surface area (Å²) in [7, 11) is -2.96. The maximum absolute atomic E-state index is 13.0. The van der Waals surface area contributed by atoms with E-state index < -0.39 is 9.84 Å². The van der Waals surface area contributed by atoms with Crippen molar-refractivity contribution in [1.29, 1.82) is 0 Å². The van der Waals surface area contributed by atoms with Crippen LogP contribution >= 0.6 is 23.1 Å². The molecule has 33 heavy (non-hydrogen) atoms. The second-order valence-electron chi connectivity index (χ2n) is 8.16. The minimum Gasteiger partial charge on any atom is -0.322 e. The molecule has 4 aromatic rings. The third kappa shape index (κ3) is 4.98. The molecule has 5 rings (SSSR count). The van der Waals surface area contributed by atoms with E-state index in [1.54, 1.807) is 17.4 Å². The number of aryl methyl sites for hydroxylation is 1. The topological polar surface area (TPSA) is 76.1 Å². The predicted molar refractivity (Wildman–Crippen MR) is 137 cm³/mol. The number of benzene rings is 3. The molecule has 1 aliphatic rings. The Balaban J connectivity index is 1.31. The normalized spacial score (nSPS) is 17.3. The van der Waals surface area contributed by atoms with Crippen LogP contribution in [0, 0.1) is 6.92 Å². The summed E-state index contributed by atoms with van der Waals surface area (Å²) in [5.41, 5.74) is 4.46. The number of sulfone groups is 1. The number of anilines is 1. The summed E-state index contributed by atoms with van der Waals surface area (Å²) in [4.78, 5) is 18.5. The zero-order valence-electron chi connectivity index (χ0n) is 17.9. The Hall–Kier alpha value is -2.68. The SMILES string of the molecule is Cc1ccc2nc(-c3ccc(NC(=O)c4ccccc4S[C@@H]4CCS(=O)(=O)C4)cc3)sc2c1. The molecule has 0 saturated carbocycles. The van der Waals surface area contributed by atoms with E-state index in [9.17, 15) is 13.2 Å². The van der Waals surface area contributed by atoms with Gasteiger partial charge in [0.05, 0.1) is 27.3 Å². The standard InChI is InChI=1S/C25H22N2O3S3/c1-16-6-11-21-23(14-16)32-25(27-21)17-7-9-18(10-8-17)26-24(28)20-4-2-3-5-22(20)31-19-12-13-33(29,30)15-19/h2-11,14,19H,12-13,15H2,1H3,(H,26,28)/t19-/m1/s1. The third-order valence-electron chi connectivity index (χ3n) is 5.55. The van der Waals surface area contributed by atoms with Gasteiger partial charge in [-0.15, -0.1) is 23.1 Å². The van der Waals surface area contributed by atoms with Gasteiger partial charge in [-0.05, 0) is 67.4 Å². The van der Waals surface area contributed by atoms with Gasteiger partial charge in [0.15, 0.2) is 9.84 Å². The summed E-state index contributed by atoms with van der Waals surface area (Å²) in [5, 5.41) is 3.90. The molecule has 168 valence electrons. The lowest BCUT2D eigenvalue weighted by molar-refractivity contribution is 0.102. The number of nitrogens with one attached hydrogen (secondary N) is 1. The van der Waals surface area contributed by atoms with E-state index in [1.165, 1.54) is 17.3 Å². The van der Waals surface area contributed by atoms with Crippen LogP contribution in [0.4, 0.5) is 5.69 Å². The summed E-state index contributed by atoms with van der Waals surface area (Å²) in [6.07, 6.45) is 0.621. The molecule has 0 spiro atoms. The molecule has 1 saturated heterocycles. The molecular weight excluding hydrogens is 472 g/mol. The Labute approximate surface area is 201 Å². The second-order valence-corrected chi connectivity index (χ2v) is 12.8. The van der Waals surface area contributed by atoms with Gasteiger partial charge in [0.2, 0.25) is 0 Å². The summed E-state index contributed by atoms with van der Waals surface area (Å²) >= 11 is 3.13. The van der Waals surface area contributed by atoms with Gasteiger partial charge in [-0.1, -0.05) is 18.2 Å². The molecule has 8 heteroatoms. The minimum absolute atomic E-state index is 0.0131. The van der Waals surface area contributed by atoms with E-state index in [2.05, 4.69) is 24.4 Å². The van der Waals surface area contributed by atoms with Crippen molar-refractivity contribution in [1.82, 2.24) is 4.98 Å². The first-order valence-corrected chi connectivity index (χ1v) is 14.1. The molecule has 3 aromatic carbocycles. The number of hydrogen-bond acceptors (Lipinski definition) is 6. The second kappa shape index (κ2) is 8.93. The molecule has 0 unspecified atom stereocenters. The van der Waals surface area contributed by atoms with Crippen LogP contribution in [0.3, 0.4) is 0 Å². The molecule has 0 bridgehead atoms. The van der Waals surface area contributed by atoms with Gasteiger partial charge in [-0.2, -0.15) is 0 Å². The lowest BCUT2D eigenvalue weighted by Crippen LogP contribution is -2.14. The lowest BCUT2D eigenvalue weighted by Gasteiger charge is -2.13. The number of amides is 1. The van der Waals surface area contributed by atoms with Gasteiger partial charge in [0.25, 0.3) is 5.91 Å². The number of aromatic nitrogens is 1. The first-order chi connectivity index (χ1) is 15.9. The average molecular weight is 495 g/mol. The molecule has 2 heterocycles. The van der Waals surface area contributed by atoms with Gasteiger partial charge in [0, 0.05) is 21.4 Å². The van der Waals surface area contributed by atoms with Gasteiger partial charge in [-0.25, -0.2) is 13.4 Å². The van der Waals surface area contributed by atoms with E-state index in [0.29, 0.717) is 17.7 Å². The van der Waals surface area contributed by atoms with Crippen molar-refractivity contribution in [3.8, 4) is 10.6 Å². The van der Waals surface area contributed by atoms with Gasteiger partial charge in [-0.3, -0.25) is 4.79 Å². The summed E-state index contributed by atoms with van der Waals surface area (Å²) in [5.74, 6) is 0.183. The van der Waals surface area contributed by atoms with Crippen molar-refractivity contribution in [3.05, 3.63) is 77.9 Å². The molecular formula is C25H22N2O3S3. The Morgan fingerprint density at radius 3 is 2.64 bits per heavy atom. The maximum atomic E-state index is 13.0. The highest BCUT2D eigenvalue weighted by Crippen LogP contribution is 2.34. The van der Waals surface area contributed by atoms with Crippen molar-refractivity contribution in [2.24, 2.45) is 0 Å². The van der Waals surface area contributed by atoms with Crippen molar-refractivity contribution in [3.63, 3.8) is 0 Å². The monoisotopic (exact) mass is 494 g/mol. The lowest BCUT2D eigenvalue weighted by atomic mass is 10.2. The summed E-state index contributed by atoms with van der Waals surface area (Å²) in [6, 6.07) is 21.3. The van der Waals surface area contributed by atoms with E-state index in [-0.39, 0.29) is 22.7 Å². The zero-order chi connectivity index (χ0) is 23.0. The number of rotatable bonds is 5. The molecule has 1 aliphatic heterocycles. The smallest absolute Gasteiger partial charge is 0.256 e. The van der Waals surface area contributed by atoms with Crippen LogP contribution < -0.4 is 5.32 Å². The van der Waals surface area contributed by atoms with Crippen LogP contribution in [0.15, 0.2) is 71.6 Å². The highest BCUT2D eigenvalue weighted by Gasteiger charge is 2.29. The fourth-order valence-electron chi connectivity index (χ4n) is 3.84. The van der Waals surface area contributed by atoms with E-state index in [1.807, 2.05) is 48.5 Å². The zero-order valence-corrected chi connectivity index (χ0v) is 20.4. The number of nitrogens with zero attached hydrogens (tertiary/aromatic N) is 1. The van der Waals surface area contributed by atoms with Crippen LogP contribution in [-0.2, 0) is 9.84 Å². The first kappa shape index (κ1) is 22.1. The van der Waals surface area contributed by atoms with Crippen molar-refractivity contribution in [2.75, 3.05) is 16.8 Å². The van der Waals surface area contributed by atoms with Gasteiger partial charge in [0.1, 0.15) is 5.01 Å². The number of carbonyl (C=O) groups excluding carboxylic acids is 1. The Morgan fingerprint density at radius 1 is 1.09 bits per heavy atom. The average Bonchev–Trinajstić information content (AvgIpc) is 3.36. The molecule has 1 aromatic heterocycles. The number of fused-ring (bicyclic) bond motifs is 1. The van der Waals surface area contributed by atoms with Crippen LogP contribution in [-0.4, -0.2) is 36.1 Å². The Bertz CT molecular complexity index is 1440. The summed E-state index contributed by atoms with van der Waals surface area (Å²) in [6.45, 7) is 2.07. The maximum Gasteiger partial charge on any atom is 0.256 e. The molecule has 0 aliphatic carbocycles. The van der Waals surface area contributed by atoms with Crippen molar-refractivity contribution in [2.45, 2.75) is 23.5 Å². The first-order valence-electron chi connectivity index (χ1n) is 10.6. The predicted octanol–water partition coefficient (Wildman–Crippen LogP) is 5.80. The largest absolute Gasteiger partial charge is 0.322 e. The fourth-order valence-corrected chi connectivity index (χ4v) is 8.54. The van der Waals surface area contributed by atoms with Crippen LogP contribution in [0.1, 0.15) is 22.3 Å². The molecule has 1 amide bonds. The number of thioether (sulfide) groups is 1. The van der Waals surface area contributed by atoms with Crippen LogP contribution in [0.25, 0.3) is 20.8 Å². The van der Waals surface area contributed by atoms with Gasteiger partial charge >= 0.3 is 0 Å². The van der Waals surface area contributed by atoms with Crippen molar-refractivity contribution >= 4 is 54.7 Å². The van der Waals surface area contributed by atoms with Crippen LogP contribution in [0.2, 0.25) is 0 Å². The van der Waals surface area contributed by atoms with Crippen LogP contribution in [0.5, 0.6) is 0 Å². The minimum atomic E-state index is -2.96. The highest BCUT2D eigenvalue weighted by atomic mass is 32.2. The molecule has 1 atom stereocenters.